The molecule has 0 bridgehead atoms. The van der Waals surface area contributed by atoms with Gasteiger partial charge in [0, 0.05) is 6.92 Å². The minimum Gasteiger partial charge on any atom is -0.457 e. The molecule has 0 aliphatic carbocycles. The largest absolute Gasteiger partial charge is 0.457 e. The first-order valence-corrected chi connectivity index (χ1v) is 6.68. The van der Waals surface area contributed by atoms with Crippen molar-refractivity contribution in [3.8, 4) is 0 Å². The highest BCUT2D eigenvalue weighted by atomic mass is 16.6. The van der Waals surface area contributed by atoms with Crippen molar-refractivity contribution in [1.82, 2.24) is 5.32 Å². The fourth-order valence-electron chi connectivity index (χ4n) is 1.91. The average molecular weight is 305 g/mol. The molecule has 0 radical (unpaired) electrons. The van der Waals surface area contributed by atoms with E-state index in [4.69, 9.17) is 14.6 Å². The van der Waals surface area contributed by atoms with Gasteiger partial charge >= 0.3 is 5.97 Å². The molecule has 0 saturated carbocycles. The van der Waals surface area contributed by atoms with Gasteiger partial charge in [0.05, 0.1) is 12.0 Å². The molecule has 1 saturated heterocycles. The van der Waals surface area contributed by atoms with E-state index in [9.17, 15) is 19.8 Å². The van der Waals surface area contributed by atoms with Crippen molar-refractivity contribution >= 4 is 11.9 Å². The third kappa shape index (κ3) is 4.37. The summed E-state index contributed by atoms with van der Waals surface area (Å²) in [5.41, 5.74) is -0.821. The first kappa shape index (κ1) is 17.8. The Morgan fingerprint density at radius 1 is 1.29 bits per heavy atom. The topological polar surface area (TPSA) is 125 Å². The quantitative estimate of drug-likeness (QED) is 0.468. The SMILES string of the molecule is CC(=O)N[C@@H]1[C@@H](OC(=O)C(C)(C)C)[C@@H](O)[C@@H](CO)O[C@@H]1O. The van der Waals surface area contributed by atoms with Gasteiger partial charge in [-0.1, -0.05) is 0 Å². The van der Waals surface area contributed by atoms with Gasteiger partial charge in [0.25, 0.3) is 0 Å². The molecule has 5 atom stereocenters. The van der Waals surface area contributed by atoms with Crippen molar-refractivity contribution < 1.29 is 34.4 Å². The number of carbonyl (C=O) groups is 2. The van der Waals surface area contributed by atoms with Gasteiger partial charge in [0.1, 0.15) is 18.2 Å². The van der Waals surface area contributed by atoms with Crippen LogP contribution in [0.1, 0.15) is 27.7 Å². The van der Waals surface area contributed by atoms with E-state index in [0.29, 0.717) is 0 Å². The first-order chi connectivity index (χ1) is 9.57. The summed E-state index contributed by atoms with van der Waals surface area (Å²) in [6.45, 7) is 5.56. The number of aliphatic hydroxyl groups is 3. The summed E-state index contributed by atoms with van der Waals surface area (Å²) in [5.74, 6) is -1.08. The minimum absolute atomic E-state index is 0.478. The summed E-state index contributed by atoms with van der Waals surface area (Å²) in [6, 6.07) is -1.12. The van der Waals surface area contributed by atoms with E-state index >= 15 is 0 Å². The normalized spacial score (nSPS) is 33.4. The molecular formula is C13H23NO7. The standard InChI is InChI=1S/C13H23NO7/c1-6(16)14-8-10(21-12(19)13(2,3)4)9(17)7(5-15)20-11(8)18/h7-11,15,17-18H,5H2,1-4H3,(H,14,16)/t7-,8-,9+,10-,11+/m1/s1. The third-order valence-electron chi connectivity index (χ3n) is 3.10. The van der Waals surface area contributed by atoms with Gasteiger partial charge in [0.15, 0.2) is 12.4 Å². The summed E-state index contributed by atoms with van der Waals surface area (Å²) in [5, 5.41) is 31.5. The van der Waals surface area contributed by atoms with Crippen molar-refractivity contribution in [1.29, 1.82) is 0 Å². The average Bonchev–Trinajstić information content (AvgIpc) is 2.35. The molecule has 0 spiro atoms. The number of hydrogen-bond acceptors (Lipinski definition) is 7. The second-order valence-electron chi connectivity index (χ2n) is 6.08. The van der Waals surface area contributed by atoms with E-state index < -0.39 is 54.5 Å². The monoisotopic (exact) mass is 305 g/mol. The second kappa shape index (κ2) is 6.69. The van der Waals surface area contributed by atoms with Crippen LogP contribution in [0.5, 0.6) is 0 Å². The van der Waals surface area contributed by atoms with E-state index in [2.05, 4.69) is 5.32 Å². The molecule has 4 N–H and O–H groups in total. The van der Waals surface area contributed by atoms with Gasteiger partial charge in [-0.2, -0.15) is 0 Å². The molecule has 8 heteroatoms. The summed E-state index contributed by atoms with van der Waals surface area (Å²) in [4.78, 5) is 23.2. The number of ether oxygens (including phenoxy) is 2. The maximum atomic E-state index is 12.0. The van der Waals surface area contributed by atoms with Gasteiger partial charge in [-0.25, -0.2) is 0 Å². The summed E-state index contributed by atoms with van der Waals surface area (Å²) >= 11 is 0. The zero-order chi connectivity index (χ0) is 16.4. The Hall–Kier alpha value is -1.22. The van der Waals surface area contributed by atoms with Gasteiger partial charge in [-0.3, -0.25) is 9.59 Å². The highest BCUT2D eigenvalue weighted by Crippen LogP contribution is 2.25. The van der Waals surface area contributed by atoms with Gasteiger partial charge in [-0.15, -0.1) is 0 Å². The van der Waals surface area contributed by atoms with Crippen LogP contribution in [-0.4, -0.2) is 64.4 Å². The molecule has 1 heterocycles. The van der Waals surface area contributed by atoms with Crippen LogP contribution < -0.4 is 5.32 Å². The number of esters is 1. The molecule has 1 fully saturated rings. The highest BCUT2D eigenvalue weighted by molar-refractivity contribution is 5.76. The Kier molecular flexibility index (Phi) is 5.68. The molecular weight excluding hydrogens is 282 g/mol. The van der Waals surface area contributed by atoms with Crippen LogP contribution in [0.25, 0.3) is 0 Å². The molecule has 21 heavy (non-hydrogen) atoms. The zero-order valence-corrected chi connectivity index (χ0v) is 12.6. The van der Waals surface area contributed by atoms with Crippen LogP contribution in [0, 0.1) is 5.41 Å². The van der Waals surface area contributed by atoms with Crippen LogP contribution in [0.15, 0.2) is 0 Å². The minimum atomic E-state index is -1.51. The molecule has 1 amide bonds. The van der Waals surface area contributed by atoms with E-state index in [1.807, 2.05) is 0 Å². The molecule has 1 aliphatic rings. The summed E-state index contributed by atoms with van der Waals surface area (Å²) < 4.78 is 10.2. The zero-order valence-electron chi connectivity index (χ0n) is 12.6. The number of nitrogens with one attached hydrogen (secondary N) is 1. The Bertz CT molecular complexity index is 392. The molecule has 0 unspecified atom stereocenters. The molecule has 0 aromatic heterocycles. The Morgan fingerprint density at radius 3 is 2.29 bits per heavy atom. The Labute approximate surface area is 123 Å². The first-order valence-electron chi connectivity index (χ1n) is 6.68. The van der Waals surface area contributed by atoms with Gasteiger partial charge in [0.2, 0.25) is 5.91 Å². The predicted molar refractivity (Wildman–Crippen MR) is 70.9 cm³/mol. The fourth-order valence-corrected chi connectivity index (χ4v) is 1.91. The number of carbonyl (C=O) groups excluding carboxylic acids is 2. The molecule has 0 aromatic rings. The van der Waals surface area contributed by atoms with E-state index in [0.717, 1.165) is 0 Å². The number of aliphatic hydroxyl groups excluding tert-OH is 3. The van der Waals surface area contributed by atoms with E-state index in [1.54, 1.807) is 20.8 Å². The molecule has 0 aromatic carbocycles. The fraction of sp³-hybridized carbons (Fsp3) is 0.846. The Balaban J connectivity index is 2.98. The predicted octanol–water partition coefficient (Wildman–Crippen LogP) is -1.48. The highest BCUT2D eigenvalue weighted by Gasteiger charge is 2.48. The Morgan fingerprint density at radius 2 is 1.86 bits per heavy atom. The lowest BCUT2D eigenvalue weighted by Crippen LogP contribution is -2.65. The van der Waals surface area contributed by atoms with Crippen LogP contribution in [0.3, 0.4) is 0 Å². The summed E-state index contributed by atoms with van der Waals surface area (Å²) in [7, 11) is 0. The maximum Gasteiger partial charge on any atom is 0.311 e. The number of amides is 1. The van der Waals surface area contributed by atoms with Crippen molar-refractivity contribution in [2.24, 2.45) is 5.41 Å². The molecule has 1 aliphatic heterocycles. The third-order valence-corrected chi connectivity index (χ3v) is 3.10. The van der Waals surface area contributed by atoms with Crippen molar-refractivity contribution in [3.05, 3.63) is 0 Å². The van der Waals surface area contributed by atoms with Crippen molar-refractivity contribution in [3.63, 3.8) is 0 Å². The van der Waals surface area contributed by atoms with Crippen molar-refractivity contribution in [2.45, 2.75) is 58.3 Å². The summed E-state index contributed by atoms with van der Waals surface area (Å²) in [6.07, 6.45) is -5.21. The van der Waals surface area contributed by atoms with Crippen LogP contribution in [0.2, 0.25) is 0 Å². The van der Waals surface area contributed by atoms with Crippen LogP contribution >= 0.6 is 0 Å². The lowest BCUT2D eigenvalue weighted by Gasteiger charge is -2.42. The van der Waals surface area contributed by atoms with Crippen LogP contribution in [-0.2, 0) is 19.1 Å². The smallest absolute Gasteiger partial charge is 0.311 e. The number of hydrogen-bond donors (Lipinski definition) is 4. The lowest BCUT2D eigenvalue weighted by atomic mass is 9.94. The molecule has 122 valence electrons. The number of rotatable bonds is 3. The lowest BCUT2D eigenvalue weighted by molar-refractivity contribution is -0.260. The van der Waals surface area contributed by atoms with Crippen LogP contribution in [0.4, 0.5) is 0 Å². The van der Waals surface area contributed by atoms with E-state index in [1.165, 1.54) is 6.92 Å². The van der Waals surface area contributed by atoms with Crippen molar-refractivity contribution in [2.75, 3.05) is 6.61 Å². The van der Waals surface area contributed by atoms with E-state index in [-0.39, 0.29) is 0 Å². The van der Waals surface area contributed by atoms with Gasteiger partial charge in [-0.05, 0) is 20.8 Å². The maximum absolute atomic E-state index is 12.0. The second-order valence-corrected chi connectivity index (χ2v) is 6.08. The molecule has 8 nitrogen and oxygen atoms in total. The molecule has 1 rings (SSSR count). The van der Waals surface area contributed by atoms with Gasteiger partial charge < -0.3 is 30.1 Å².